The van der Waals surface area contributed by atoms with Gasteiger partial charge in [-0.2, -0.15) is 0 Å². The normalized spacial score (nSPS) is 11.2. The van der Waals surface area contributed by atoms with E-state index in [1.54, 1.807) is 42.5 Å². The van der Waals surface area contributed by atoms with E-state index in [-0.39, 0.29) is 10.8 Å². The molecule has 30 heavy (non-hydrogen) atoms. The summed E-state index contributed by atoms with van der Waals surface area (Å²) in [5, 5.41) is 4.97. The van der Waals surface area contributed by atoms with Gasteiger partial charge in [-0.05, 0) is 60.2 Å². The Morgan fingerprint density at radius 2 is 1.47 bits per heavy atom. The maximum absolute atomic E-state index is 12.7. The van der Waals surface area contributed by atoms with Crippen molar-refractivity contribution in [2.75, 3.05) is 10.0 Å². The predicted octanol–water partition coefficient (Wildman–Crippen LogP) is 5.20. The lowest BCUT2D eigenvalue weighted by atomic mass is 10.1. The van der Waals surface area contributed by atoms with Gasteiger partial charge in [-0.3, -0.25) is 9.52 Å². The van der Waals surface area contributed by atoms with Gasteiger partial charge in [-0.15, -0.1) is 0 Å². The molecule has 5 nitrogen and oxygen atoms in total. The SMILES string of the molecule is Cc1ccc(S(=O)(=O)Nc2cccc(C(=O)Nc3ccc4ccccc4c3)c2)cc1. The first-order valence-electron chi connectivity index (χ1n) is 9.40. The van der Waals surface area contributed by atoms with Gasteiger partial charge in [0.05, 0.1) is 4.90 Å². The van der Waals surface area contributed by atoms with Crippen molar-refractivity contribution < 1.29 is 13.2 Å². The molecule has 0 aliphatic heterocycles. The van der Waals surface area contributed by atoms with E-state index < -0.39 is 10.0 Å². The molecule has 6 heteroatoms. The van der Waals surface area contributed by atoms with Gasteiger partial charge in [0, 0.05) is 16.9 Å². The third-order valence-electron chi connectivity index (χ3n) is 4.72. The number of benzene rings is 4. The van der Waals surface area contributed by atoms with Crippen LogP contribution in [-0.4, -0.2) is 14.3 Å². The van der Waals surface area contributed by atoms with E-state index in [1.807, 2.05) is 49.4 Å². The highest BCUT2D eigenvalue weighted by Crippen LogP contribution is 2.21. The quantitative estimate of drug-likeness (QED) is 0.469. The number of nitrogens with one attached hydrogen (secondary N) is 2. The van der Waals surface area contributed by atoms with Gasteiger partial charge in [-0.1, -0.05) is 54.1 Å². The smallest absolute Gasteiger partial charge is 0.261 e. The van der Waals surface area contributed by atoms with Crippen LogP contribution < -0.4 is 10.0 Å². The van der Waals surface area contributed by atoms with Crippen LogP contribution in [-0.2, 0) is 10.0 Å². The van der Waals surface area contributed by atoms with Crippen LogP contribution in [0.25, 0.3) is 10.8 Å². The zero-order valence-corrected chi connectivity index (χ0v) is 17.1. The molecule has 0 radical (unpaired) electrons. The number of amides is 1. The lowest BCUT2D eigenvalue weighted by molar-refractivity contribution is 0.102. The summed E-state index contributed by atoms with van der Waals surface area (Å²) in [5.74, 6) is -0.318. The van der Waals surface area contributed by atoms with Crippen LogP contribution in [0, 0.1) is 6.92 Å². The second-order valence-corrected chi connectivity index (χ2v) is 8.70. The minimum atomic E-state index is -3.74. The number of carbonyl (C=O) groups is 1. The van der Waals surface area contributed by atoms with E-state index in [9.17, 15) is 13.2 Å². The van der Waals surface area contributed by atoms with E-state index in [2.05, 4.69) is 10.0 Å². The Kier molecular flexibility index (Phi) is 5.25. The van der Waals surface area contributed by atoms with E-state index >= 15 is 0 Å². The summed E-state index contributed by atoms with van der Waals surface area (Å²) in [6.07, 6.45) is 0. The summed E-state index contributed by atoms with van der Waals surface area (Å²) in [4.78, 5) is 12.9. The van der Waals surface area contributed by atoms with Crippen LogP contribution in [0.1, 0.15) is 15.9 Å². The second kappa shape index (κ2) is 8.00. The summed E-state index contributed by atoms with van der Waals surface area (Å²) in [6, 6.07) is 26.5. The molecule has 1 amide bonds. The molecular formula is C24H20N2O3S. The third-order valence-corrected chi connectivity index (χ3v) is 6.11. The fourth-order valence-electron chi connectivity index (χ4n) is 3.13. The summed E-state index contributed by atoms with van der Waals surface area (Å²) < 4.78 is 27.7. The zero-order valence-electron chi connectivity index (χ0n) is 16.3. The average molecular weight is 417 g/mol. The predicted molar refractivity (Wildman–Crippen MR) is 120 cm³/mol. The Labute approximate surface area is 175 Å². The van der Waals surface area contributed by atoms with Crippen molar-refractivity contribution in [1.29, 1.82) is 0 Å². The topological polar surface area (TPSA) is 75.3 Å². The molecule has 4 aromatic rings. The van der Waals surface area contributed by atoms with Crippen molar-refractivity contribution in [1.82, 2.24) is 0 Å². The average Bonchev–Trinajstić information content (AvgIpc) is 2.74. The standard InChI is InChI=1S/C24H20N2O3S/c1-17-9-13-23(14-10-17)30(28,29)26-22-8-4-7-20(16-22)24(27)25-21-12-11-18-5-2-3-6-19(18)15-21/h2-16,26H,1H3,(H,25,27). The van der Waals surface area contributed by atoms with Crippen molar-refractivity contribution in [2.24, 2.45) is 0 Å². The van der Waals surface area contributed by atoms with Gasteiger partial charge in [0.25, 0.3) is 15.9 Å². The second-order valence-electron chi connectivity index (χ2n) is 7.02. The molecule has 4 aromatic carbocycles. The summed E-state index contributed by atoms with van der Waals surface area (Å²) in [5.41, 5.74) is 2.32. The van der Waals surface area contributed by atoms with Crippen molar-refractivity contribution in [3.05, 3.63) is 102 Å². The maximum atomic E-state index is 12.7. The number of fused-ring (bicyclic) bond motifs is 1. The Morgan fingerprint density at radius 1 is 0.733 bits per heavy atom. The van der Waals surface area contributed by atoms with Crippen LogP contribution in [0.4, 0.5) is 11.4 Å². The third kappa shape index (κ3) is 4.34. The Hall–Kier alpha value is -3.64. The number of aryl methyl sites for hydroxylation is 1. The molecule has 4 rings (SSSR count). The first kappa shape index (κ1) is 19.7. The molecule has 0 aliphatic rings. The van der Waals surface area contributed by atoms with Gasteiger partial charge in [-0.25, -0.2) is 8.42 Å². The monoisotopic (exact) mass is 416 g/mol. The van der Waals surface area contributed by atoms with E-state index in [4.69, 9.17) is 0 Å². The van der Waals surface area contributed by atoms with Gasteiger partial charge in [0.2, 0.25) is 0 Å². The summed E-state index contributed by atoms with van der Waals surface area (Å²) in [6.45, 7) is 1.89. The molecule has 0 saturated carbocycles. The van der Waals surface area contributed by atoms with Crippen LogP contribution in [0.2, 0.25) is 0 Å². The molecule has 0 atom stereocenters. The minimum Gasteiger partial charge on any atom is -0.322 e. The molecule has 0 heterocycles. The molecule has 0 aromatic heterocycles. The molecule has 0 fully saturated rings. The van der Waals surface area contributed by atoms with E-state index in [1.165, 1.54) is 6.07 Å². The van der Waals surface area contributed by atoms with Crippen LogP contribution >= 0.6 is 0 Å². The van der Waals surface area contributed by atoms with Gasteiger partial charge < -0.3 is 5.32 Å². The Morgan fingerprint density at radius 3 is 2.23 bits per heavy atom. The van der Waals surface area contributed by atoms with Crippen molar-refractivity contribution in [2.45, 2.75) is 11.8 Å². The van der Waals surface area contributed by atoms with Crippen molar-refractivity contribution in [3.63, 3.8) is 0 Å². The van der Waals surface area contributed by atoms with Crippen molar-refractivity contribution >= 4 is 38.1 Å². The first-order valence-corrected chi connectivity index (χ1v) is 10.9. The van der Waals surface area contributed by atoms with Crippen LogP contribution in [0.15, 0.2) is 95.9 Å². The lowest BCUT2D eigenvalue weighted by Crippen LogP contribution is -2.15. The summed E-state index contributed by atoms with van der Waals surface area (Å²) in [7, 11) is -3.74. The lowest BCUT2D eigenvalue weighted by Gasteiger charge is -2.11. The van der Waals surface area contributed by atoms with E-state index in [0.29, 0.717) is 16.9 Å². The molecule has 150 valence electrons. The number of carbonyl (C=O) groups excluding carboxylic acids is 1. The van der Waals surface area contributed by atoms with Crippen LogP contribution in [0.5, 0.6) is 0 Å². The molecule has 0 spiro atoms. The molecule has 0 bridgehead atoms. The number of sulfonamides is 1. The highest BCUT2D eigenvalue weighted by Gasteiger charge is 2.15. The minimum absolute atomic E-state index is 0.166. The fraction of sp³-hybridized carbons (Fsp3) is 0.0417. The largest absolute Gasteiger partial charge is 0.322 e. The Balaban J connectivity index is 1.53. The number of rotatable bonds is 5. The highest BCUT2D eigenvalue weighted by atomic mass is 32.2. The molecule has 0 unspecified atom stereocenters. The summed E-state index contributed by atoms with van der Waals surface area (Å²) >= 11 is 0. The fourth-order valence-corrected chi connectivity index (χ4v) is 4.18. The Bertz CT molecular complexity index is 1330. The highest BCUT2D eigenvalue weighted by molar-refractivity contribution is 7.92. The zero-order chi connectivity index (χ0) is 21.1. The van der Waals surface area contributed by atoms with Gasteiger partial charge >= 0.3 is 0 Å². The van der Waals surface area contributed by atoms with Gasteiger partial charge in [0.15, 0.2) is 0 Å². The molecule has 0 saturated heterocycles. The number of hydrogen-bond donors (Lipinski definition) is 2. The van der Waals surface area contributed by atoms with Crippen LogP contribution in [0.3, 0.4) is 0 Å². The number of anilines is 2. The van der Waals surface area contributed by atoms with E-state index in [0.717, 1.165) is 16.3 Å². The first-order chi connectivity index (χ1) is 14.4. The van der Waals surface area contributed by atoms with Crippen molar-refractivity contribution in [3.8, 4) is 0 Å². The molecule has 0 aliphatic carbocycles. The maximum Gasteiger partial charge on any atom is 0.261 e. The number of hydrogen-bond acceptors (Lipinski definition) is 3. The van der Waals surface area contributed by atoms with Gasteiger partial charge in [0.1, 0.15) is 0 Å². The molecular weight excluding hydrogens is 396 g/mol. The molecule has 2 N–H and O–H groups in total.